The summed E-state index contributed by atoms with van der Waals surface area (Å²) in [4.78, 5) is 2.61. The fraction of sp³-hybridized carbons (Fsp3) is 0.538. The molecule has 0 amide bonds. The molecule has 0 spiro atoms. The van der Waals surface area contributed by atoms with Crippen LogP contribution in [-0.2, 0) is 0 Å². The van der Waals surface area contributed by atoms with E-state index in [0.29, 0.717) is 0 Å². The Morgan fingerprint density at radius 1 is 1.13 bits per heavy atom. The molecule has 1 fully saturated rings. The Bertz CT molecular complexity index is 327. The van der Waals surface area contributed by atoms with E-state index in [-0.39, 0.29) is 24.0 Å². The minimum Gasteiger partial charge on any atom is -0.375 e. The molecule has 2 heterocycles. The van der Waals surface area contributed by atoms with Crippen LogP contribution < -0.4 is 0 Å². The van der Waals surface area contributed by atoms with E-state index in [2.05, 4.69) is 29.2 Å². The molecule has 3 aliphatic rings. The van der Waals surface area contributed by atoms with Gasteiger partial charge in [0.25, 0.3) is 0 Å². The van der Waals surface area contributed by atoms with Crippen molar-refractivity contribution in [3.05, 3.63) is 35.6 Å². The molecule has 1 atom stereocenters. The van der Waals surface area contributed by atoms with Gasteiger partial charge in [-0.3, -0.25) is 0 Å². The lowest BCUT2D eigenvalue weighted by molar-refractivity contribution is 0.389. The zero-order chi connectivity index (χ0) is 9.38. The van der Waals surface area contributed by atoms with Gasteiger partial charge >= 0.3 is 0 Å². The number of allylic oxidation sites excluding steroid dienone is 6. The third-order valence-electron chi connectivity index (χ3n) is 3.63. The molecule has 0 aromatic rings. The van der Waals surface area contributed by atoms with Crippen LogP contribution in [0, 0.1) is 5.92 Å². The molecule has 0 radical (unpaired) electrons. The molecule has 1 saturated heterocycles. The number of nitrogens with zero attached hydrogens (tertiary/aromatic N) is 1. The number of hydrogen-bond donors (Lipinski definition) is 0. The zero-order valence-corrected chi connectivity index (χ0v) is 11.3. The lowest BCUT2D eigenvalue weighted by Gasteiger charge is -2.21. The molecule has 0 aromatic heterocycles. The summed E-state index contributed by atoms with van der Waals surface area (Å²) in [7, 11) is 0. The van der Waals surface area contributed by atoms with Crippen molar-refractivity contribution in [2.75, 3.05) is 13.1 Å². The molecule has 0 saturated carbocycles. The number of halogens is 1. The van der Waals surface area contributed by atoms with E-state index >= 15 is 0 Å². The van der Waals surface area contributed by atoms with Crippen molar-refractivity contribution < 1.29 is 0 Å². The molecule has 15 heavy (non-hydrogen) atoms. The monoisotopic (exact) mass is 315 g/mol. The van der Waals surface area contributed by atoms with Gasteiger partial charge in [0, 0.05) is 24.7 Å². The Kier molecular flexibility index (Phi) is 3.54. The van der Waals surface area contributed by atoms with Crippen LogP contribution in [0.5, 0.6) is 0 Å². The number of fused-ring (bicyclic) bond motifs is 2. The van der Waals surface area contributed by atoms with Gasteiger partial charge in [0.15, 0.2) is 0 Å². The summed E-state index contributed by atoms with van der Waals surface area (Å²) in [6.45, 7) is 2.58. The standard InChI is InChI=1S/C13H17N.HI/c1-2-7-12-11(5-1)6-3-9-14-10-4-8-13(12)14;/h1-2,5,7,11H,3-4,6,8-10H2;1H. The lowest BCUT2D eigenvalue weighted by Crippen LogP contribution is -2.18. The van der Waals surface area contributed by atoms with E-state index in [1.54, 1.807) is 11.3 Å². The smallest absolute Gasteiger partial charge is 0.0178 e. The van der Waals surface area contributed by atoms with Crippen LogP contribution in [0.25, 0.3) is 0 Å². The maximum Gasteiger partial charge on any atom is 0.0178 e. The van der Waals surface area contributed by atoms with E-state index < -0.39 is 0 Å². The molecular weight excluding hydrogens is 297 g/mol. The van der Waals surface area contributed by atoms with Gasteiger partial charge in [-0.15, -0.1) is 24.0 Å². The normalized spacial score (nSPS) is 28.3. The molecule has 1 aliphatic carbocycles. The summed E-state index contributed by atoms with van der Waals surface area (Å²) in [5.41, 5.74) is 3.26. The average Bonchev–Trinajstić information content (AvgIpc) is 2.61. The zero-order valence-electron chi connectivity index (χ0n) is 8.98. The van der Waals surface area contributed by atoms with E-state index in [0.717, 1.165) is 5.92 Å². The van der Waals surface area contributed by atoms with Gasteiger partial charge in [0.05, 0.1) is 0 Å². The second kappa shape index (κ2) is 4.73. The Balaban J connectivity index is 0.000000853. The van der Waals surface area contributed by atoms with E-state index in [4.69, 9.17) is 0 Å². The van der Waals surface area contributed by atoms with Crippen molar-refractivity contribution in [3.63, 3.8) is 0 Å². The fourth-order valence-electron chi connectivity index (χ4n) is 2.95. The molecule has 1 unspecified atom stereocenters. The van der Waals surface area contributed by atoms with Gasteiger partial charge in [0.1, 0.15) is 0 Å². The molecule has 2 aliphatic heterocycles. The van der Waals surface area contributed by atoms with Crippen molar-refractivity contribution in [3.8, 4) is 0 Å². The second-order valence-corrected chi connectivity index (χ2v) is 4.49. The second-order valence-electron chi connectivity index (χ2n) is 4.49. The molecular formula is C13H18IN. The maximum atomic E-state index is 2.61. The first-order chi connectivity index (χ1) is 6.95. The van der Waals surface area contributed by atoms with Crippen LogP contribution >= 0.6 is 24.0 Å². The highest BCUT2D eigenvalue weighted by Crippen LogP contribution is 2.35. The Morgan fingerprint density at radius 2 is 2.00 bits per heavy atom. The molecule has 0 aromatic carbocycles. The third kappa shape index (κ3) is 2.01. The van der Waals surface area contributed by atoms with Crippen LogP contribution in [0.15, 0.2) is 35.6 Å². The quantitative estimate of drug-likeness (QED) is 0.619. The van der Waals surface area contributed by atoms with Crippen molar-refractivity contribution in [1.82, 2.24) is 4.90 Å². The molecule has 0 N–H and O–H groups in total. The summed E-state index contributed by atoms with van der Waals surface area (Å²) < 4.78 is 0. The minimum absolute atomic E-state index is 0. The third-order valence-corrected chi connectivity index (χ3v) is 3.63. The summed E-state index contributed by atoms with van der Waals surface area (Å²) in [5, 5.41) is 0. The van der Waals surface area contributed by atoms with Crippen molar-refractivity contribution in [2.24, 2.45) is 5.92 Å². The lowest BCUT2D eigenvalue weighted by atomic mass is 9.89. The predicted molar refractivity (Wildman–Crippen MR) is 74.3 cm³/mol. The molecule has 2 heteroatoms. The van der Waals surface area contributed by atoms with Crippen LogP contribution in [0.1, 0.15) is 25.7 Å². The first kappa shape index (κ1) is 11.2. The largest absolute Gasteiger partial charge is 0.375 e. The molecule has 1 nitrogen and oxygen atoms in total. The molecule has 0 bridgehead atoms. The average molecular weight is 315 g/mol. The van der Waals surface area contributed by atoms with Gasteiger partial charge in [0.2, 0.25) is 0 Å². The molecule has 82 valence electrons. The van der Waals surface area contributed by atoms with Crippen LogP contribution in [0.2, 0.25) is 0 Å². The highest BCUT2D eigenvalue weighted by Gasteiger charge is 2.26. The fourth-order valence-corrected chi connectivity index (χ4v) is 2.95. The molecule has 3 rings (SSSR count). The SMILES string of the molecule is C1=CC2=C3CCCN3CCCC2C=C1.I. The minimum atomic E-state index is 0. The summed E-state index contributed by atoms with van der Waals surface area (Å²) in [6, 6.07) is 0. The van der Waals surface area contributed by atoms with Crippen LogP contribution in [0.4, 0.5) is 0 Å². The highest BCUT2D eigenvalue weighted by atomic mass is 127. The van der Waals surface area contributed by atoms with Crippen LogP contribution in [0.3, 0.4) is 0 Å². The van der Waals surface area contributed by atoms with Gasteiger partial charge in [-0.2, -0.15) is 0 Å². The van der Waals surface area contributed by atoms with Gasteiger partial charge in [-0.1, -0.05) is 24.3 Å². The summed E-state index contributed by atoms with van der Waals surface area (Å²) in [6.07, 6.45) is 14.5. The van der Waals surface area contributed by atoms with E-state index in [1.165, 1.54) is 38.8 Å². The summed E-state index contributed by atoms with van der Waals surface area (Å²) >= 11 is 0. The predicted octanol–water partition coefficient (Wildman–Crippen LogP) is 3.49. The Morgan fingerprint density at radius 3 is 2.93 bits per heavy atom. The highest BCUT2D eigenvalue weighted by molar-refractivity contribution is 14.0. The van der Waals surface area contributed by atoms with Crippen LogP contribution in [-0.4, -0.2) is 18.0 Å². The van der Waals surface area contributed by atoms with E-state index in [9.17, 15) is 0 Å². The van der Waals surface area contributed by atoms with Gasteiger partial charge < -0.3 is 4.90 Å². The van der Waals surface area contributed by atoms with Gasteiger partial charge in [-0.05, 0) is 31.3 Å². The number of hydrogen-bond acceptors (Lipinski definition) is 1. The summed E-state index contributed by atoms with van der Waals surface area (Å²) in [5.74, 6) is 0.720. The van der Waals surface area contributed by atoms with E-state index in [1.807, 2.05) is 0 Å². The Hall–Kier alpha value is -0.250. The van der Waals surface area contributed by atoms with Crippen molar-refractivity contribution in [2.45, 2.75) is 25.7 Å². The topological polar surface area (TPSA) is 3.24 Å². The number of rotatable bonds is 0. The van der Waals surface area contributed by atoms with Gasteiger partial charge in [-0.25, -0.2) is 0 Å². The van der Waals surface area contributed by atoms with Crippen molar-refractivity contribution >= 4 is 24.0 Å². The first-order valence-corrected chi connectivity index (χ1v) is 5.78. The Labute approximate surface area is 109 Å². The van der Waals surface area contributed by atoms with Crippen molar-refractivity contribution in [1.29, 1.82) is 0 Å². The maximum absolute atomic E-state index is 2.61. The first-order valence-electron chi connectivity index (χ1n) is 5.78.